The highest BCUT2D eigenvalue weighted by atomic mass is 16.2. The molecule has 152 valence electrons. The summed E-state index contributed by atoms with van der Waals surface area (Å²) in [5.41, 5.74) is 0.474. The van der Waals surface area contributed by atoms with Crippen LogP contribution in [0.4, 0.5) is 0 Å². The average Bonchev–Trinajstić information content (AvgIpc) is 3.16. The van der Waals surface area contributed by atoms with Crippen LogP contribution in [0, 0.1) is 11.3 Å². The second-order valence-corrected chi connectivity index (χ2v) is 9.03. The number of hydrogen-bond acceptors (Lipinski definition) is 3. The summed E-state index contributed by atoms with van der Waals surface area (Å²) < 4.78 is 0. The molecular weight excluding hydrogens is 350 g/mol. The Labute approximate surface area is 168 Å². The number of piperidine rings is 1. The standard InChI is InChI=1S/C23H33N3O2/c27-21(17-20-9-4-5-13-24-20)26-16-12-23(18-26)11-6-14-25(22(23)28)15-10-19-7-2-1-3-8-19/h4-5,9,13,19H,1-3,6-8,10-12,14-18H2. The van der Waals surface area contributed by atoms with E-state index in [2.05, 4.69) is 9.88 Å². The van der Waals surface area contributed by atoms with Crippen LogP contribution in [0.5, 0.6) is 0 Å². The van der Waals surface area contributed by atoms with Crippen LogP contribution in [-0.4, -0.2) is 52.8 Å². The maximum atomic E-state index is 13.3. The first kappa shape index (κ1) is 19.4. The third-order valence-electron chi connectivity index (χ3n) is 7.12. The predicted octanol–water partition coefficient (Wildman–Crippen LogP) is 3.44. The smallest absolute Gasteiger partial charge is 0.230 e. The van der Waals surface area contributed by atoms with Crippen molar-refractivity contribution in [3.63, 3.8) is 0 Å². The van der Waals surface area contributed by atoms with Crippen LogP contribution in [0.1, 0.15) is 63.5 Å². The van der Waals surface area contributed by atoms with Crippen molar-refractivity contribution in [1.82, 2.24) is 14.8 Å². The van der Waals surface area contributed by atoms with Gasteiger partial charge >= 0.3 is 0 Å². The van der Waals surface area contributed by atoms with Gasteiger partial charge in [-0.15, -0.1) is 0 Å². The van der Waals surface area contributed by atoms with Gasteiger partial charge in [-0.3, -0.25) is 14.6 Å². The van der Waals surface area contributed by atoms with Gasteiger partial charge in [0, 0.05) is 38.1 Å². The Morgan fingerprint density at radius 2 is 1.96 bits per heavy atom. The molecule has 28 heavy (non-hydrogen) atoms. The van der Waals surface area contributed by atoms with Gasteiger partial charge in [0.2, 0.25) is 11.8 Å². The summed E-state index contributed by atoms with van der Waals surface area (Å²) in [5, 5.41) is 0. The monoisotopic (exact) mass is 383 g/mol. The highest BCUT2D eigenvalue weighted by molar-refractivity contribution is 5.86. The molecule has 3 fully saturated rings. The Balaban J connectivity index is 1.33. The lowest BCUT2D eigenvalue weighted by Gasteiger charge is -2.40. The molecule has 1 aromatic heterocycles. The lowest BCUT2D eigenvalue weighted by Crippen LogP contribution is -2.50. The van der Waals surface area contributed by atoms with Crippen LogP contribution in [-0.2, 0) is 16.0 Å². The molecule has 0 N–H and O–H groups in total. The van der Waals surface area contributed by atoms with Gasteiger partial charge in [0.1, 0.15) is 0 Å². The summed E-state index contributed by atoms with van der Waals surface area (Å²) in [6.45, 7) is 3.10. The summed E-state index contributed by atoms with van der Waals surface area (Å²) in [4.78, 5) is 34.3. The molecule has 0 bridgehead atoms. The molecule has 1 aromatic rings. The van der Waals surface area contributed by atoms with Gasteiger partial charge in [-0.25, -0.2) is 0 Å². The van der Waals surface area contributed by atoms with Crippen molar-refractivity contribution in [2.45, 2.75) is 64.2 Å². The van der Waals surface area contributed by atoms with Crippen LogP contribution in [0.25, 0.3) is 0 Å². The van der Waals surface area contributed by atoms with Crippen molar-refractivity contribution < 1.29 is 9.59 Å². The van der Waals surface area contributed by atoms with Crippen molar-refractivity contribution in [1.29, 1.82) is 0 Å². The van der Waals surface area contributed by atoms with E-state index in [4.69, 9.17) is 0 Å². The highest BCUT2D eigenvalue weighted by Gasteiger charge is 2.49. The number of aromatic nitrogens is 1. The molecule has 3 heterocycles. The number of carbonyl (C=O) groups excluding carboxylic acids is 2. The van der Waals surface area contributed by atoms with E-state index in [0.717, 1.165) is 50.4 Å². The van der Waals surface area contributed by atoms with Gasteiger partial charge in [-0.1, -0.05) is 38.2 Å². The fourth-order valence-corrected chi connectivity index (χ4v) is 5.41. The fourth-order valence-electron chi connectivity index (χ4n) is 5.41. The first-order valence-electron chi connectivity index (χ1n) is 11.1. The van der Waals surface area contributed by atoms with Crippen molar-refractivity contribution in [2.75, 3.05) is 26.2 Å². The zero-order valence-corrected chi connectivity index (χ0v) is 16.9. The first-order valence-corrected chi connectivity index (χ1v) is 11.1. The van der Waals surface area contributed by atoms with Crippen LogP contribution < -0.4 is 0 Å². The third kappa shape index (κ3) is 4.23. The molecule has 1 atom stereocenters. The van der Waals surface area contributed by atoms with Crippen LogP contribution in [0.15, 0.2) is 24.4 Å². The van der Waals surface area contributed by atoms with Gasteiger partial charge in [0.15, 0.2) is 0 Å². The van der Waals surface area contributed by atoms with Gasteiger partial charge in [-0.2, -0.15) is 0 Å². The lowest BCUT2D eigenvalue weighted by atomic mass is 9.78. The lowest BCUT2D eigenvalue weighted by molar-refractivity contribution is -0.146. The molecule has 1 aliphatic carbocycles. The molecular formula is C23H33N3O2. The number of nitrogens with zero attached hydrogens (tertiary/aromatic N) is 3. The Morgan fingerprint density at radius 3 is 2.75 bits per heavy atom. The molecule has 5 heteroatoms. The van der Waals surface area contributed by atoms with E-state index in [1.165, 1.54) is 32.1 Å². The summed E-state index contributed by atoms with van der Waals surface area (Å²) in [7, 11) is 0. The molecule has 5 nitrogen and oxygen atoms in total. The Hall–Kier alpha value is -1.91. The van der Waals surface area contributed by atoms with Crippen molar-refractivity contribution in [3.05, 3.63) is 30.1 Å². The van der Waals surface area contributed by atoms with E-state index < -0.39 is 0 Å². The van der Waals surface area contributed by atoms with E-state index in [-0.39, 0.29) is 11.3 Å². The topological polar surface area (TPSA) is 53.5 Å². The summed E-state index contributed by atoms with van der Waals surface area (Å²) >= 11 is 0. The van der Waals surface area contributed by atoms with E-state index in [9.17, 15) is 9.59 Å². The Morgan fingerprint density at radius 1 is 1.11 bits per heavy atom. The zero-order valence-electron chi connectivity index (χ0n) is 16.9. The Bertz CT molecular complexity index is 686. The van der Waals surface area contributed by atoms with Crippen LogP contribution >= 0.6 is 0 Å². The predicted molar refractivity (Wildman–Crippen MR) is 109 cm³/mol. The number of rotatable bonds is 5. The maximum absolute atomic E-state index is 13.3. The van der Waals surface area contributed by atoms with Crippen molar-refractivity contribution >= 4 is 11.8 Å². The van der Waals surface area contributed by atoms with E-state index >= 15 is 0 Å². The van der Waals surface area contributed by atoms with Crippen LogP contribution in [0.2, 0.25) is 0 Å². The maximum Gasteiger partial charge on any atom is 0.230 e. The molecule has 1 saturated carbocycles. The quantitative estimate of drug-likeness (QED) is 0.783. The molecule has 1 spiro atoms. The number of amides is 2. The van der Waals surface area contributed by atoms with Crippen molar-refractivity contribution in [3.8, 4) is 0 Å². The minimum atomic E-state index is -0.329. The minimum absolute atomic E-state index is 0.0997. The number of likely N-dealkylation sites (tertiary alicyclic amines) is 2. The molecule has 4 rings (SSSR count). The minimum Gasteiger partial charge on any atom is -0.342 e. The second kappa shape index (κ2) is 8.62. The normalized spacial score (nSPS) is 26.2. The summed E-state index contributed by atoms with van der Waals surface area (Å²) in [5.74, 6) is 1.21. The number of carbonyl (C=O) groups is 2. The van der Waals surface area contributed by atoms with Gasteiger partial charge in [-0.05, 0) is 43.7 Å². The third-order valence-corrected chi connectivity index (χ3v) is 7.12. The van der Waals surface area contributed by atoms with E-state index in [1.54, 1.807) is 6.20 Å². The average molecular weight is 384 g/mol. The first-order chi connectivity index (χ1) is 13.7. The van der Waals surface area contributed by atoms with Gasteiger partial charge < -0.3 is 9.80 Å². The van der Waals surface area contributed by atoms with E-state index in [0.29, 0.717) is 25.4 Å². The van der Waals surface area contributed by atoms with Gasteiger partial charge in [0.05, 0.1) is 11.8 Å². The molecule has 0 radical (unpaired) electrons. The molecule has 1 unspecified atom stereocenters. The number of pyridine rings is 1. The zero-order chi connectivity index (χ0) is 19.4. The Kier molecular flexibility index (Phi) is 5.98. The second-order valence-electron chi connectivity index (χ2n) is 9.03. The van der Waals surface area contributed by atoms with Crippen molar-refractivity contribution in [2.24, 2.45) is 11.3 Å². The largest absolute Gasteiger partial charge is 0.342 e. The SMILES string of the molecule is O=C(Cc1ccccn1)N1CCC2(CCCN(CCC3CCCCC3)C2=O)C1. The molecule has 2 amide bonds. The molecule has 2 aliphatic heterocycles. The molecule has 0 aromatic carbocycles. The van der Waals surface area contributed by atoms with E-state index in [1.807, 2.05) is 23.1 Å². The summed E-state index contributed by atoms with van der Waals surface area (Å²) in [6, 6.07) is 5.67. The van der Waals surface area contributed by atoms with Gasteiger partial charge in [0.25, 0.3) is 0 Å². The highest BCUT2D eigenvalue weighted by Crippen LogP contribution is 2.40. The summed E-state index contributed by atoms with van der Waals surface area (Å²) in [6.07, 6.45) is 12.8. The molecule has 2 saturated heterocycles. The molecule has 3 aliphatic rings. The fraction of sp³-hybridized carbons (Fsp3) is 0.696. The number of hydrogen-bond donors (Lipinski definition) is 0. The van der Waals surface area contributed by atoms with Crippen LogP contribution in [0.3, 0.4) is 0 Å².